The van der Waals surface area contributed by atoms with Crippen molar-refractivity contribution in [3.05, 3.63) is 24.3 Å². The molecule has 0 aliphatic carbocycles. The van der Waals surface area contributed by atoms with Crippen LogP contribution in [0, 0.1) is 5.92 Å². The van der Waals surface area contributed by atoms with Crippen LogP contribution in [0.15, 0.2) is 24.3 Å². The molecular formula is C20H27F4N3O6S. The lowest BCUT2D eigenvalue weighted by Gasteiger charge is -2.38. The molecule has 2 fully saturated rings. The normalized spacial score (nSPS) is 19.8. The van der Waals surface area contributed by atoms with E-state index in [-0.39, 0.29) is 25.4 Å². The Morgan fingerprint density at radius 3 is 2.26 bits per heavy atom. The molecule has 1 amide bonds. The van der Waals surface area contributed by atoms with Crippen molar-refractivity contribution < 1.29 is 45.5 Å². The fourth-order valence-corrected chi connectivity index (χ4v) is 5.87. The molecule has 0 bridgehead atoms. The van der Waals surface area contributed by atoms with Gasteiger partial charge in [0.1, 0.15) is 5.75 Å². The van der Waals surface area contributed by atoms with Gasteiger partial charge >= 0.3 is 12.5 Å². The SMILES string of the molecule is O=CN(O)C(CS(=O)(=O)N1CCN(c2ccc(OC(F)(F)C(F)F)cc2)CC1)C1CCOCC1. The molecule has 2 heterocycles. The number of halogens is 4. The fourth-order valence-electron chi connectivity index (χ4n) is 4.08. The molecule has 2 aliphatic heterocycles. The van der Waals surface area contributed by atoms with Crippen LogP contribution < -0.4 is 9.64 Å². The zero-order chi connectivity index (χ0) is 24.9. The number of anilines is 1. The molecule has 0 aromatic heterocycles. The lowest BCUT2D eigenvalue weighted by Crippen LogP contribution is -2.53. The van der Waals surface area contributed by atoms with Gasteiger partial charge in [0.15, 0.2) is 0 Å². The molecule has 0 saturated carbocycles. The zero-order valence-electron chi connectivity index (χ0n) is 18.2. The molecular weight excluding hydrogens is 486 g/mol. The predicted octanol–water partition coefficient (Wildman–Crippen LogP) is 2.02. The minimum absolute atomic E-state index is 0.136. The van der Waals surface area contributed by atoms with Crippen LogP contribution in [0.3, 0.4) is 0 Å². The Morgan fingerprint density at radius 1 is 1.15 bits per heavy atom. The Hall–Kier alpha value is -2.16. The van der Waals surface area contributed by atoms with E-state index in [1.165, 1.54) is 16.4 Å². The van der Waals surface area contributed by atoms with Gasteiger partial charge in [0, 0.05) is 45.1 Å². The van der Waals surface area contributed by atoms with Crippen LogP contribution in [0.4, 0.5) is 23.2 Å². The Morgan fingerprint density at radius 2 is 1.74 bits per heavy atom. The summed E-state index contributed by atoms with van der Waals surface area (Å²) in [5, 5.41) is 10.4. The molecule has 34 heavy (non-hydrogen) atoms. The highest BCUT2D eigenvalue weighted by atomic mass is 32.2. The molecule has 0 spiro atoms. The maximum atomic E-state index is 13.0. The molecule has 3 rings (SSSR count). The number of rotatable bonds is 10. The summed E-state index contributed by atoms with van der Waals surface area (Å²) in [6, 6.07) is 4.25. The van der Waals surface area contributed by atoms with E-state index in [1.54, 1.807) is 0 Å². The van der Waals surface area contributed by atoms with Crippen molar-refractivity contribution >= 4 is 22.1 Å². The topological polar surface area (TPSA) is 99.6 Å². The highest BCUT2D eigenvalue weighted by Gasteiger charge is 2.44. The summed E-state index contributed by atoms with van der Waals surface area (Å²) < 4.78 is 87.2. The fraction of sp³-hybridized carbons (Fsp3) is 0.650. The molecule has 9 nitrogen and oxygen atoms in total. The van der Waals surface area contributed by atoms with Crippen LogP contribution in [-0.2, 0) is 19.6 Å². The van der Waals surface area contributed by atoms with E-state index in [0.29, 0.717) is 49.9 Å². The third-order valence-electron chi connectivity index (χ3n) is 5.98. The quantitative estimate of drug-likeness (QED) is 0.221. The Kier molecular flexibility index (Phi) is 8.60. The molecule has 1 N–H and O–H groups in total. The van der Waals surface area contributed by atoms with Gasteiger partial charge in [-0.2, -0.15) is 21.9 Å². The van der Waals surface area contributed by atoms with Crippen molar-refractivity contribution in [3.8, 4) is 5.75 Å². The monoisotopic (exact) mass is 513 g/mol. The first-order chi connectivity index (χ1) is 16.0. The zero-order valence-corrected chi connectivity index (χ0v) is 19.0. The van der Waals surface area contributed by atoms with E-state index in [2.05, 4.69) is 4.74 Å². The standard InChI is InChI=1S/C20H27F4N3O6S/c21-19(22)20(23,24)33-17-3-1-16(2-4-17)25-7-9-26(10-8-25)34(30,31)13-18(27(29)14-28)15-5-11-32-12-6-15/h1-4,14-15,18-19,29H,5-13H2. The van der Waals surface area contributed by atoms with Crippen LogP contribution in [0.2, 0.25) is 0 Å². The van der Waals surface area contributed by atoms with Crippen molar-refractivity contribution in [1.82, 2.24) is 9.37 Å². The average molecular weight is 514 g/mol. The number of hydrogen-bond donors (Lipinski definition) is 1. The first-order valence-corrected chi connectivity index (χ1v) is 12.3. The number of benzene rings is 1. The summed E-state index contributed by atoms with van der Waals surface area (Å²) in [6.07, 6.45) is -7.29. The number of ether oxygens (including phenoxy) is 2. The molecule has 1 unspecified atom stereocenters. The van der Waals surface area contributed by atoms with Crippen LogP contribution in [0.25, 0.3) is 0 Å². The van der Waals surface area contributed by atoms with E-state index in [0.717, 1.165) is 12.1 Å². The van der Waals surface area contributed by atoms with E-state index >= 15 is 0 Å². The van der Waals surface area contributed by atoms with Crippen molar-refractivity contribution in [2.24, 2.45) is 5.92 Å². The summed E-state index contributed by atoms with van der Waals surface area (Å²) >= 11 is 0. The van der Waals surface area contributed by atoms with Crippen LogP contribution >= 0.6 is 0 Å². The van der Waals surface area contributed by atoms with Crippen LogP contribution in [0.5, 0.6) is 5.75 Å². The van der Waals surface area contributed by atoms with Crippen molar-refractivity contribution in [2.45, 2.75) is 31.4 Å². The van der Waals surface area contributed by atoms with Gasteiger partial charge in [-0.05, 0) is 43.0 Å². The van der Waals surface area contributed by atoms with Gasteiger partial charge in [-0.3, -0.25) is 10.0 Å². The molecule has 1 aromatic carbocycles. The lowest BCUT2D eigenvalue weighted by molar-refractivity contribution is -0.253. The molecule has 1 atom stereocenters. The van der Waals surface area contributed by atoms with Gasteiger partial charge in [-0.1, -0.05) is 0 Å². The smallest absolute Gasteiger partial charge is 0.428 e. The second-order valence-corrected chi connectivity index (χ2v) is 10.1. The summed E-state index contributed by atoms with van der Waals surface area (Å²) in [7, 11) is -3.80. The molecule has 192 valence electrons. The number of hydroxylamine groups is 2. The lowest BCUT2D eigenvalue weighted by atomic mass is 9.93. The number of alkyl halides is 4. The Balaban J connectivity index is 1.59. The van der Waals surface area contributed by atoms with E-state index in [1.807, 2.05) is 4.90 Å². The number of carbonyl (C=O) groups is 1. The van der Waals surface area contributed by atoms with Gasteiger partial charge < -0.3 is 14.4 Å². The van der Waals surface area contributed by atoms with Gasteiger partial charge in [-0.25, -0.2) is 13.5 Å². The van der Waals surface area contributed by atoms with Gasteiger partial charge in [0.2, 0.25) is 16.4 Å². The van der Waals surface area contributed by atoms with E-state index < -0.39 is 40.1 Å². The second kappa shape index (κ2) is 11.1. The van der Waals surface area contributed by atoms with Crippen molar-refractivity contribution in [3.63, 3.8) is 0 Å². The minimum Gasteiger partial charge on any atom is -0.428 e. The summed E-state index contributed by atoms with van der Waals surface area (Å²) in [6.45, 7) is 1.72. The molecule has 14 heteroatoms. The van der Waals surface area contributed by atoms with Gasteiger partial charge in [0.05, 0.1) is 11.8 Å². The summed E-state index contributed by atoms with van der Waals surface area (Å²) in [4.78, 5) is 12.9. The molecule has 2 aliphatic rings. The summed E-state index contributed by atoms with van der Waals surface area (Å²) in [5.41, 5.74) is 0.590. The number of carbonyl (C=O) groups excluding carboxylic acids is 1. The average Bonchev–Trinajstić information content (AvgIpc) is 2.83. The van der Waals surface area contributed by atoms with Crippen LogP contribution in [0.1, 0.15) is 12.8 Å². The number of sulfonamides is 1. The van der Waals surface area contributed by atoms with Gasteiger partial charge in [-0.15, -0.1) is 0 Å². The second-order valence-electron chi connectivity index (χ2n) is 8.13. The molecule has 1 aromatic rings. The Bertz CT molecular complexity index is 907. The van der Waals surface area contributed by atoms with Gasteiger partial charge in [0.25, 0.3) is 0 Å². The molecule has 2 saturated heterocycles. The minimum atomic E-state index is -4.60. The number of nitrogens with zero attached hydrogens (tertiary/aromatic N) is 3. The highest BCUT2D eigenvalue weighted by molar-refractivity contribution is 7.89. The maximum Gasteiger partial charge on any atom is 0.461 e. The van der Waals surface area contributed by atoms with Crippen molar-refractivity contribution in [2.75, 3.05) is 50.0 Å². The maximum absolute atomic E-state index is 13.0. The van der Waals surface area contributed by atoms with E-state index in [4.69, 9.17) is 4.74 Å². The van der Waals surface area contributed by atoms with Crippen LogP contribution in [-0.4, -0.2) is 93.1 Å². The predicted molar refractivity (Wildman–Crippen MR) is 113 cm³/mol. The number of hydrogen-bond acceptors (Lipinski definition) is 7. The molecule has 0 radical (unpaired) electrons. The first-order valence-electron chi connectivity index (χ1n) is 10.7. The highest BCUT2D eigenvalue weighted by Crippen LogP contribution is 2.29. The third-order valence-corrected chi connectivity index (χ3v) is 7.90. The van der Waals surface area contributed by atoms with E-state index in [9.17, 15) is 36.0 Å². The van der Waals surface area contributed by atoms with Crippen molar-refractivity contribution in [1.29, 1.82) is 0 Å². The summed E-state index contributed by atoms with van der Waals surface area (Å²) in [5.74, 6) is -1.05. The number of amides is 1. The third kappa shape index (κ3) is 6.49. The number of piperazine rings is 1. The largest absolute Gasteiger partial charge is 0.461 e. The Labute approximate surface area is 194 Å². The first kappa shape index (κ1) is 26.4.